The SMILES string of the molecule is CCCCCCCN1C(=O)C(C)Oc2cc(C(=O)O)ccc21. The van der Waals surface area contributed by atoms with Gasteiger partial charge in [-0.05, 0) is 31.5 Å². The van der Waals surface area contributed by atoms with Crippen LogP contribution in [0, 0.1) is 0 Å². The molecule has 1 N–H and O–H groups in total. The summed E-state index contributed by atoms with van der Waals surface area (Å²) in [6.07, 6.45) is 5.04. The number of fused-ring (bicyclic) bond motifs is 1. The van der Waals surface area contributed by atoms with Crippen molar-refractivity contribution in [1.29, 1.82) is 0 Å². The van der Waals surface area contributed by atoms with Crippen LogP contribution in [0.1, 0.15) is 56.3 Å². The van der Waals surface area contributed by atoms with Crippen molar-refractivity contribution in [2.24, 2.45) is 0 Å². The summed E-state index contributed by atoms with van der Waals surface area (Å²) in [5, 5.41) is 9.06. The highest BCUT2D eigenvalue weighted by Gasteiger charge is 2.31. The van der Waals surface area contributed by atoms with E-state index in [0.717, 1.165) is 12.8 Å². The fourth-order valence-corrected chi connectivity index (χ4v) is 2.65. The molecule has 0 aliphatic carbocycles. The Labute approximate surface area is 130 Å². The molecule has 0 bridgehead atoms. The first-order chi connectivity index (χ1) is 10.5. The van der Waals surface area contributed by atoms with Crippen LogP contribution >= 0.6 is 0 Å². The van der Waals surface area contributed by atoms with E-state index in [2.05, 4.69) is 6.92 Å². The molecule has 5 nitrogen and oxygen atoms in total. The monoisotopic (exact) mass is 305 g/mol. The maximum atomic E-state index is 12.3. The topological polar surface area (TPSA) is 66.8 Å². The van der Waals surface area contributed by atoms with Crippen molar-refractivity contribution in [3.8, 4) is 5.75 Å². The van der Waals surface area contributed by atoms with Crippen molar-refractivity contribution < 1.29 is 19.4 Å². The highest BCUT2D eigenvalue weighted by atomic mass is 16.5. The Morgan fingerprint density at radius 1 is 1.27 bits per heavy atom. The van der Waals surface area contributed by atoms with E-state index in [1.54, 1.807) is 17.9 Å². The summed E-state index contributed by atoms with van der Waals surface area (Å²) in [6.45, 7) is 4.52. The van der Waals surface area contributed by atoms with Gasteiger partial charge >= 0.3 is 5.97 Å². The van der Waals surface area contributed by atoms with Crippen LogP contribution in [0.3, 0.4) is 0 Å². The number of aromatic carboxylic acids is 1. The lowest BCUT2D eigenvalue weighted by Crippen LogP contribution is -2.44. The maximum absolute atomic E-state index is 12.3. The van der Waals surface area contributed by atoms with Crippen LogP contribution in [0.25, 0.3) is 0 Å². The number of carbonyl (C=O) groups is 2. The number of ether oxygens (including phenoxy) is 1. The van der Waals surface area contributed by atoms with Crippen LogP contribution in [0.4, 0.5) is 5.69 Å². The Morgan fingerprint density at radius 3 is 2.68 bits per heavy atom. The van der Waals surface area contributed by atoms with E-state index in [0.29, 0.717) is 18.0 Å². The second kappa shape index (κ2) is 7.29. The molecule has 1 atom stereocenters. The summed E-state index contributed by atoms with van der Waals surface area (Å²) >= 11 is 0. The second-order valence-corrected chi connectivity index (χ2v) is 5.65. The summed E-state index contributed by atoms with van der Waals surface area (Å²) in [6, 6.07) is 4.66. The van der Waals surface area contributed by atoms with Gasteiger partial charge in [0.25, 0.3) is 5.91 Å². The van der Waals surface area contributed by atoms with Crippen LogP contribution < -0.4 is 9.64 Å². The smallest absolute Gasteiger partial charge is 0.335 e. The fourth-order valence-electron chi connectivity index (χ4n) is 2.65. The fraction of sp³-hybridized carbons (Fsp3) is 0.529. The van der Waals surface area contributed by atoms with Gasteiger partial charge in [-0.2, -0.15) is 0 Å². The minimum atomic E-state index is -0.998. The average molecular weight is 305 g/mol. The van der Waals surface area contributed by atoms with Gasteiger partial charge in [0, 0.05) is 6.54 Å². The molecule has 1 aliphatic rings. The van der Waals surface area contributed by atoms with E-state index in [1.807, 2.05) is 0 Å². The summed E-state index contributed by atoms with van der Waals surface area (Å²) in [5.41, 5.74) is 0.840. The van der Waals surface area contributed by atoms with Gasteiger partial charge in [-0.3, -0.25) is 4.79 Å². The molecule has 0 saturated heterocycles. The summed E-state index contributed by atoms with van der Waals surface area (Å²) < 4.78 is 5.56. The van der Waals surface area contributed by atoms with Crippen molar-refractivity contribution in [2.45, 2.75) is 52.1 Å². The molecule has 0 fully saturated rings. The number of nitrogens with zero attached hydrogens (tertiary/aromatic N) is 1. The first kappa shape index (κ1) is 16.3. The predicted octanol–water partition coefficient (Wildman–Crippen LogP) is 3.47. The van der Waals surface area contributed by atoms with Crippen LogP contribution in [-0.4, -0.2) is 29.6 Å². The lowest BCUT2D eigenvalue weighted by atomic mass is 10.1. The Bertz CT molecular complexity index is 556. The van der Waals surface area contributed by atoms with Crippen molar-refractivity contribution >= 4 is 17.6 Å². The molecule has 0 saturated carbocycles. The summed E-state index contributed by atoms with van der Waals surface area (Å²) in [7, 11) is 0. The Hall–Kier alpha value is -2.04. The molecule has 1 heterocycles. The molecule has 5 heteroatoms. The van der Waals surface area contributed by atoms with Crippen molar-refractivity contribution in [1.82, 2.24) is 0 Å². The Morgan fingerprint density at radius 2 is 2.00 bits per heavy atom. The normalized spacial score (nSPS) is 17.1. The molecule has 0 spiro atoms. The zero-order valence-corrected chi connectivity index (χ0v) is 13.2. The van der Waals surface area contributed by atoms with Gasteiger partial charge in [-0.25, -0.2) is 4.79 Å². The van der Waals surface area contributed by atoms with Crippen molar-refractivity contribution in [3.63, 3.8) is 0 Å². The molecule has 1 unspecified atom stereocenters. The van der Waals surface area contributed by atoms with Crippen molar-refractivity contribution in [3.05, 3.63) is 23.8 Å². The number of anilines is 1. The maximum Gasteiger partial charge on any atom is 0.335 e. The van der Waals surface area contributed by atoms with Crippen LogP contribution in [0.15, 0.2) is 18.2 Å². The third kappa shape index (κ3) is 3.59. The number of amides is 1. The van der Waals surface area contributed by atoms with Crippen LogP contribution in [0.5, 0.6) is 5.75 Å². The largest absolute Gasteiger partial charge is 0.479 e. The number of rotatable bonds is 7. The molecular formula is C17H23NO4. The minimum Gasteiger partial charge on any atom is -0.479 e. The lowest BCUT2D eigenvalue weighted by Gasteiger charge is -2.33. The van der Waals surface area contributed by atoms with Gasteiger partial charge < -0.3 is 14.7 Å². The average Bonchev–Trinajstić information content (AvgIpc) is 2.49. The summed E-state index contributed by atoms with van der Waals surface area (Å²) in [5.74, 6) is -0.589. The lowest BCUT2D eigenvalue weighted by molar-refractivity contribution is -0.125. The molecule has 22 heavy (non-hydrogen) atoms. The van der Waals surface area contributed by atoms with E-state index < -0.39 is 12.1 Å². The van der Waals surface area contributed by atoms with Crippen LogP contribution in [0.2, 0.25) is 0 Å². The second-order valence-electron chi connectivity index (χ2n) is 5.65. The van der Waals surface area contributed by atoms with Crippen molar-refractivity contribution in [2.75, 3.05) is 11.4 Å². The van der Waals surface area contributed by atoms with Gasteiger partial charge in [0.2, 0.25) is 0 Å². The molecule has 1 aromatic rings. The van der Waals surface area contributed by atoms with E-state index in [1.165, 1.54) is 31.4 Å². The van der Waals surface area contributed by atoms with Crippen LogP contribution in [-0.2, 0) is 4.79 Å². The van der Waals surface area contributed by atoms with Gasteiger partial charge in [0.05, 0.1) is 11.3 Å². The van der Waals surface area contributed by atoms with E-state index in [-0.39, 0.29) is 11.5 Å². The third-order valence-electron chi connectivity index (χ3n) is 3.90. The van der Waals surface area contributed by atoms with E-state index in [9.17, 15) is 9.59 Å². The number of carboxylic acids is 1. The number of carboxylic acid groups (broad SMARTS) is 1. The number of carbonyl (C=O) groups excluding carboxylic acids is 1. The van der Waals surface area contributed by atoms with Gasteiger partial charge in [-0.1, -0.05) is 32.6 Å². The van der Waals surface area contributed by atoms with Gasteiger partial charge in [-0.15, -0.1) is 0 Å². The molecule has 0 radical (unpaired) electrons. The Balaban J connectivity index is 2.13. The number of benzene rings is 1. The molecule has 1 aliphatic heterocycles. The Kier molecular flexibility index (Phi) is 5.41. The van der Waals surface area contributed by atoms with E-state index in [4.69, 9.17) is 9.84 Å². The molecule has 1 aromatic carbocycles. The molecule has 120 valence electrons. The highest BCUT2D eigenvalue weighted by molar-refractivity contribution is 6.00. The first-order valence-corrected chi connectivity index (χ1v) is 7.90. The number of hydrogen-bond acceptors (Lipinski definition) is 3. The minimum absolute atomic E-state index is 0.0638. The molecular weight excluding hydrogens is 282 g/mol. The summed E-state index contributed by atoms with van der Waals surface area (Å²) in [4.78, 5) is 25.1. The standard InChI is InChI=1S/C17H23NO4/c1-3-4-5-6-7-10-18-14-9-8-13(17(20)21)11-15(14)22-12(2)16(18)19/h8-9,11-12H,3-7,10H2,1-2H3,(H,20,21). The quantitative estimate of drug-likeness (QED) is 0.783. The number of unbranched alkanes of at least 4 members (excludes halogenated alkanes) is 4. The molecule has 1 amide bonds. The third-order valence-corrected chi connectivity index (χ3v) is 3.90. The molecule has 0 aromatic heterocycles. The number of hydrogen-bond donors (Lipinski definition) is 1. The highest BCUT2D eigenvalue weighted by Crippen LogP contribution is 2.35. The van der Waals surface area contributed by atoms with Gasteiger partial charge in [0.1, 0.15) is 5.75 Å². The first-order valence-electron chi connectivity index (χ1n) is 7.90. The zero-order chi connectivity index (χ0) is 16.1. The predicted molar refractivity (Wildman–Crippen MR) is 84.6 cm³/mol. The van der Waals surface area contributed by atoms with E-state index >= 15 is 0 Å². The zero-order valence-electron chi connectivity index (χ0n) is 13.2. The van der Waals surface area contributed by atoms with Gasteiger partial charge in [0.15, 0.2) is 6.10 Å². The molecule has 2 rings (SSSR count).